The lowest BCUT2D eigenvalue weighted by atomic mass is 10.1. The molecular formula is C16H12BrN3O2. The largest absolute Gasteiger partial charge is 0.476 e. The molecule has 0 amide bonds. The number of nitrogens with zero attached hydrogens (tertiary/aromatic N) is 3. The van der Waals surface area contributed by atoms with Crippen LogP contribution in [0.25, 0.3) is 16.9 Å². The van der Waals surface area contributed by atoms with Gasteiger partial charge in [-0.15, -0.1) is 5.10 Å². The third-order valence-electron chi connectivity index (χ3n) is 3.24. The van der Waals surface area contributed by atoms with Crippen molar-refractivity contribution in [2.45, 2.75) is 6.92 Å². The Morgan fingerprint density at radius 1 is 1.18 bits per heavy atom. The van der Waals surface area contributed by atoms with Crippen molar-refractivity contribution in [3.8, 4) is 16.9 Å². The monoisotopic (exact) mass is 357 g/mol. The molecule has 5 nitrogen and oxygen atoms in total. The van der Waals surface area contributed by atoms with Crippen molar-refractivity contribution in [3.63, 3.8) is 0 Å². The lowest BCUT2D eigenvalue weighted by Crippen LogP contribution is -2.03. The summed E-state index contributed by atoms with van der Waals surface area (Å²) in [6.45, 7) is 1.96. The number of carbonyl (C=O) groups is 1. The molecule has 1 aromatic heterocycles. The SMILES string of the molecule is Cc1cccc(-c2c(C(=O)O)nnn2-c2ccc(Br)cc2)c1. The number of hydrogen-bond acceptors (Lipinski definition) is 3. The molecule has 3 aromatic rings. The van der Waals surface area contributed by atoms with E-state index < -0.39 is 5.97 Å². The molecule has 1 heterocycles. The van der Waals surface area contributed by atoms with Crippen molar-refractivity contribution in [1.82, 2.24) is 15.0 Å². The van der Waals surface area contributed by atoms with Gasteiger partial charge in [0.05, 0.1) is 5.69 Å². The molecule has 1 N–H and O–H groups in total. The second-order valence-corrected chi connectivity index (χ2v) is 5.77. The highest BCUT2D eigenvalue weighted by Gasteiger charge is 2.21. The smallest absolute Gasteiger partial charge is 0.358 e. The van der Waals surface area contributed by atoms with E-state index in [9.17, 15) is 9.90 Å². The summed E-state index contributed by atoms with van der Waals surface area (Å²) in [5, 5.41) is 17.2. The number of hydrogen-bond donors (Lipinski definition) is 1. The quantitative estimate of drug-likeness (QED) is 0.775. The molecule has 6 heteroatoms. The first-order chi connectivity index (χ1) is 10.6. The highest BCUT2D eigenvalue weighted by molar-refractivity contribution is 9.10. The Labute approximate surface area is 135 Å². The minimum absolute atomic E-state index is 0.0616. The fourth-order valence-electron chi connectivity index (χ4n) is 2.24. The number of carboxylic acid groups (broad SMARTS) is 1. The highest BCUT2D eigenvalue weighted by atomic mass is 79.9. The molecular weight excluding hydrogens is 346 g/mol. The van der Waals surface area contributed by atoms with E-state index in [0.717, 1.165) is 21.3 Å². The second kappa shape index (κ2) is 5.73. The number of aromatic carboxylic acids is 1. The molecule has 0 aliphatic heterocycles. The molecule has 0 unspecified atom stereocenters. The van der Waals surface area contributed by atoms with Gasteiger partial charge < -0.3 is 5.11 Å². The van der Waals surface area contributed by atoms with Gasteiger partial charge in [-0.3, -0.25) is 0 Å². The minimum Gasteiger partial charge on any atom is -0.476 e. The van der Waals surface area contributed by atoms with Gasteiger partial charge in [0.15, 0.2) is 5.69 Å². The first-order valence-corrected chi connectivity index (χ1v) is 7.37. The Morgan fingerprint density at radius 2 is 1.91 bits per heavy atom. The van der Waals surface area contributed by atoms with Gasteiger partial charge in [0, 0.05) is 10.0 Å². The number of aromatic nitrogens is 3. The van der Waals surface area contributed by atoms with Gasteiger partial charge in [-0.2, -0.15) is 0 Å². The van der Waals surface area contributed by atoms with Crippen LogP contribution >= 0.6 is 15.9 Å². The number of carboxylic acids is 1. The number of halogens is 1. The zero-order valence-electron chi connectivity index (χ0n) is 11.7. The van der Waals surface area contributed by atoms with Gasteiger partial charge >= 0.3 is 5.97 Å². The van der Waals surface area contributed by atoms with Crippen molar-refractivity contribution in [3.05, 3.63) is 64.3 Å². The Hall–Kier alpha value is -2.47. The molecule has 0 aliphatic rings. The van der Waals surface area contributed by atoms with Crippen LogP contribution in [0.2, 0.25) is 0 Å². The van der Waals surface area contributed by atoms with Gasteiger partial charge in [0.25, 0.3) is 0 Å². The summed E-state index contributed by atoms with van der Waals surface area (Å²) in [4.78, 5) is 11.5. The molecule has 3 rings (SSSR count). The summed E-state index contributed by atoms with van der Waals surface area (Å²) in [7, 11) is 0. The maximum absolute atomic E-state index is 11.5. The van der Waals surface area contributed by atoms with E-state index in [-0.39, 0.29) is 5.69 Å². The Morgan fingerprint density at radius 3 is 2.55 bits per heavy atom. The van der Waals surface area contributed by atoms with E-state index in [2.05, 4.69) is 26.2 Å². The zero-order valence-corrected chi connectivity index (χ0v) is 13.3. The van der Waals surface area contributed by atoms with Gasteiger partial charge in [-0.1, -0.05) is 44.9 Å². The maximum Gasteiger partial charge on any atom is 0.358 e. The van der Waals surface area contributed by atoms with E-state index in [1.807, 2.05) is 55.5 Å². The van der Waals surface area contributed by atoms with Crippen LogP contribution in [0.1, 0.15) is 16.1 Å². The molecule has 22 heavy (non-hydrogen) atoms. The van der Waals surface area contributed by atoms with Crippen LogP contribution in [-0.2, 0) is 0 Å². The fourth-order valence-corrected chi connectivity index (χ4v) is 2.50. The fraction of sp³-hybridized carbons (Fsp3) is 0.0625. The second-order valence-electron chi connectivity index (χ2n) is 4.85. The van der Waals surface area contributed by atoms with E-state index in [1.165, 1.54) is 0 Å². The number of aryl methyl sites for hydroxylation is 1. The third kappa shape index (κ3) is 2.65. The summed E-state index contributed by atoms with van der Waals surface area (Å²) in [5.74, 6) is -1.10. The first-order valence-electron chi connectivity index (χ1n) is 6.58. The predicted molar refractivity (Wildman–Crippen MR) is 86.2 cm³/mol. The van der Waals surface area contributed by atoms with Crippen LogP contribution in [0.3, 0.4) is 0 Å². The van der Waals surface area contributed by atoms with E-state index >= 15 is 0 Å². The van der Waals surface area contributed by atoms with Crippen LogP contribution in [0, 0.1) is 6.92 Å². The molecule has 0 fully saturated rings. The molecule has 0 spiro atoms. The van der Waals surface area contributed by atoms with Crippen molar-refractivity contribution in [1.29, 1.82) is 0 Å². The van der Waals surface area contributed by atoms with E-state index in [4.69, 9.17) is 0 Å². The summed E-state index contributed by atoms with van der Waals surface area (Å²) >= 11 is 3.38. The molecule has 0 bridgehead atoms. The van der Waals surface area contributed by atoms with Gasteiger partial charge in [-0.05, 0) is 37.3 Å². The van der Waals surface area contributed by atoms with E-state index in [0.29, 0.717) is 5.69 Å². The van der Waals surface area contributed by atoms with Crippen LogP contribution in [-0.4, -0.2) is 26.1 Å². The lowest BCUT2D eigenvalue weighted by molar-refractivity contribution is 0.0691. The Bertz CT molecular complexity index is 841. The van der Waals surface area contributed by atoms with Crippen LogP contribution in [0.5, 0.6) is 0 Å². The molecule has 0 radical (unpaired) electrons. The molecule has 0 saturated carbocycles. The normalized spacial score (nSPS) is 10.6. The Balaban J connectivity index is 2.24. The summed E-state index contributed by atoms with van der Waals surface area (Å²) < 4.78 is 2.48. The van der Waals surface area contributed by atoms with Crippen LogP contribution in [0.15, 0.2) is 53.0 Å². The zero-order chi connectivity index (χ0) is 15.7. The summed E-state index contributed by atoms with van der Waals surface area (Å²) in [6.07, 6.45) is 0. The number of rotatable bonds is 3. The van der Waals surface area contributed by atoms with Crippen molar-refractivity contribution in [2.24, 2.45) is 0 Å². The first kappa shape index (κ1) is 14.5. The molecule has 0 aliphatic carbocycles. The molecule has 2 aromatic carbocycles. The summed E-state index contributed by atoms with van der Waals surface area (Å²) in [5.41, 5.74) is 2.97. The van der Waals surface area contributed by atoms with Crippen molar-refractivity contribution < 1.29 is 9.90 Å². The summed E-state index contributed by atoms with van der Waals surface area (Å²) in [6, 6.07) is 15.1. The minimum atomic E-state index is -1.10. The van der Waals surface area contributed by atoms with Gasteiger partial charge in [0.2, 0.25) is 0 Å². The van der Waals surface area contributed by atoms with Crippen molar-refractivity contribution in [2.75, 3.05) is 0 Å². The maximum atomic E-state index is 11.5. The highest BCUT2D eigenvalue weighted by Crippen LogP contribution is 2.26. The number of benzene rings is 2. The molecule has 110 valence electrons. The third-order valence-corrected chi connectivity index (χ3v) is 3.76. The van der Waals surface area contributed by atoms with Crippen LogP contribution < -0.4 is 0 Å². The van der Waals surface area contributed by atoms with E-state index in [1.54, 1.807) is 4.68 Å². The molecule has 0 atom stereocenters. The Kier molecular flexibility index (Phi) is 3.77. The van der Waals surface area contributed by atoms with Gasteiger partial charge in [-0.25, -0.2) is 9.48 Å². The molecule has 0 saturated heterocycles. The average Bonchev–Trinajstić information content (AvgIpc) is 2.93. The van der Waals surface area contributed by atoms with Crippen molar-refractivity contribution >= 4 is 21.9 Å². The van der Waals surface area contributed by atoms with Crippen LogP contribution in [0.4, 0.5) is 0 Å². The van der Waals surface area contributed by atoms with Gasteiger partial charge in [0.1, 0.15) is 5.69 Å². The topological polar surface area (TPSA) is 68.0 Å². The standard InChI is InChI=1S/C16H12BrN3O2/c1-10-3-2-4-11(9-10)15-14(16(21)22)18-19-20(15)13-7-5-12(17)6-8-13/h2-9H,1H3,(H,21,22). The lowest BCUT2D eigenvalue weighted by Gasteiger charge is -2.08. The average molecular weight is 358 g/mol. The predicted octanol–water partition coefficient (Wildman–Crippen LogP) is 3.70.